The minimum Gasteiger partial charge on any atom is -0.339 e. The van der Waals surface area contributed by atoms with E-state index in [-0.39, 0.29) is 18.0 Å². The van der Waals surface area contributed by atoms with Gasteiger partial charge in [0.2, 0.25) is 5.91 Å². The van der Waals surface area contributed by atoms with Crippen molar-refractivity contribution < 1.29 is 4.79 Å². The summed E-state index contributed by atoms with van der Waals surface area (Å²) < 4.78 is 1.98. The highest BCUT2D eigenvalue weighted by molar-refractivity contribution is 14.1. The first-order valence-corrected chi connectivity index (χ1v) is 7.25. The Balaban J connectivity index is 2.11. The number of carbonyl (C=O) groups excluding carboxylic acids is 1. The van der Waals surface area contributed by atoms with E-state index in [1.54, 1.807) is 6.92 Å². The third kappa shape index (κ3) is 3.33. The maximum Gasteiger partial charge on any atom is 0.267 e. The summed E-state index contributed by atoms with van der Waals surface area (Å²) in [7, 11) is 2.04. The normalized spacial score (nSPS) is 16.7. The summed E-state index contributed by atoms with van der Waals surface area (Å²) in [5.74, 6) is 0.565. The van der Waals surface area contributed by atoms with Crippen LogP contribution in [-0.2, 0) is 11.3 Å². The van der Waals surface area contributed by atoms with Gasteiger partial charge in [-0.25, -0.2) is 4.98 Å². The van der Waals surface area contributed by atoms with Crippen LogP contribution in [0.2, 0.25) is 0 Å². The van der Waals surface area contributed by atoms with E-state index < -0.39 is 0 Å². The number of aromatic nitrogens is 2. The van der Waals surface area contributed by atoms with E-state index in [1.165, 1.54) is 10.8 Å². The van der Waals surface area contributed by atoms with Crippen LogP contribution in [0.1, 0.15) is 5.82 Å². The number of hydrogen-bond donors (Lipinski definition) is 0. The van der Waals surface area contributed by atoms with Crippen LogP contribution in [0.4, 0.5) is 0 Å². The van der Waals surface area contributed by atoms with Gasteiger partial charge in [0.1, 0.15) is 12.4 Å². The van der Waals surface area contributed by atoms with Gasteiger partial charge in [0, 0.05) is 32.4 Å². The molecule has 1 amide bonds. The number of rotatable bonds is 2. The van der Waals surface area contributed by atoms with E-state index in [2.05, 4.69) is 9.88 Å². The lowest BCUT2D eigenvalue weighted by atomic mass is 10.3. The van der Waals surface area contributed by atoms with Crippen molar-refractivity contribution in [3.8, 4) is 0 Å². The zero-order chi connectivity index (χ0) is 14.0. The van der Waals surface area contributed by atoms with Crippen molar-refractivity contribution >= 4 is 28.5 Å². The van der Waals surface area contributed by atoms with E-state index in [0.717, 1.165) is 26.2 Å². The summed E-state index contributed by atoms with van der Waals surface area (Å²) in [6, 6.07) is 0. The fraction of sp³-hybridized carbons (Fsp3) is 0.583. The molecule has 1 aromatic rings. The van der Waals surface area contributed by atoms with Crippen molar-refractivity contribution in [2.45, 2.75) is 13.5 Å². The molecule has 1 aliphatic rings. The lowest BCUT2D eigenvalue weighted by Crippen LogP contribution is -2.48. The lowest BCUT2D eigenvalue weighted by Gasteiger charge is -2.32. The second-order valence-corrected chi connectivity index (χ2v) is 5.89. The van der Waals surface area contributed by atoms with Gasteiger partial charge < -0.3 is 9.80 Å². The van der Waals surface area contributed by atoms with Crippen molar-refractivity contribution in [2.75, 3.05) is 33.2 Å². The van der Waals surface area contributed by atoms with Crippen molar-refractivity contribution in [2.24, 2.45) is 0 Å². The Bertz CT molecular complexity index is 535. The molecule has 0 saturated carbocycles. The molecule has 104 valence electrons. The van der Waals surface area contributed by atoms with Crippen LogP contribution in [0.3, 0.4) is 0 Å². The average Bonchev–Trinajstić information content (AvgIpc) is 2.40. The summed E-state index contributed by atoms with van der Waals surface area (Å²) in [6.07, 6.45) is 1.54. The Kier molecular flexibility index (Phi) is 4.56. The Hall–Kier alpha value is -0.960. The Labute approximate surface area is 125 Å². The number of carbonyl (C=O) groups is 1. The predicted molar refractivity (Wildman–Crippen MR) is 80.0 cm³/mol. The predicted octanol–water partition coefficient (Wildman–Crippen LogP) is -0.0697. The average molecular weight is 376 g/mol. The highest BCUT2D eigenvalue weighted by atomic mass is 127. The van der Waals surface area contributed by atoms with Crippen LogP contribution >= 0.6 is 22.6 Å². The molecule has 0 radical (unpaired) electrons. The maximum atomic E-state index is 12.2. The fourth-order valence-corrected chi connectivity index (χ4v) is 2.46. The summed E-state index contributed by atoms with van der Waals surface area (Å²) in [5, 5.41) is 0. The molecule has 0 aliphatic carbocycles. The molecule has 0 unspecified atom stereocenters. The number of piperazine rings is 1. The van der Waals surface area contributed by atoms with Gasteiger partial charge in [0.15, 0.2) is 0 Å². The van der Waals surface area contributed by atoms with Gasteiger partial charge in [-0.05, 0) is 36.6 Å². The monoisotopic (exact) mass is 376 g/mol. The van der Waals surface area contributed by atoms with Crippen LogP contribution in [0.25, 0.3) is 0 Å². The molecule has 0 N–H and O–H groups in total. The fourth-order valence-electron chi connectivity index (χ4n) is 2.03. The van der Waals surface area contributed by atoms with E-state index >= 15 is 0 Å². The van der Waals surface area contributed by atoms with Gasteiger partial charge in [-0.15, -0.1) is 0 Å². The maximum absolute atomic E-state index is 12.2. The molecule has 1 aliphatic heterocycles. The first-order valence-electron chi connectivity index (χ1n) is 6.17. The van der Waals surface area contributed by atoms with Gasteiger partial charge in [-0.2, -0.15) is 0 Å². The zero-order valence-electron chi connectivity index (χ0n) is 11.1. The quantitative estimate of drug-likeness (QED) is 0.679. The van der Waals surface area contributed by atoms with Gasteiger partial charge in [-0.3, -0.25) is 14.2 Å². The van der Waals surface area contributed by atoms with Crippen molar-refractivity contribution in [1.29, 1.82) is 0 Å². The number of aryl methyl sites for hydroxylation is 1. The van der Waals surface area contributed by atoms with Crippen molar-refractivity contribution in [3.05, 3.63) is 25.9 Å². The molecule has 0 spiro atoms. The third-order valence-electron chi connectivity index (χ3n) is 3.35. The van der Waals surface area contributed by atoms with Crippen LogP contribution in [0.15, 0.2) is 11.0 Å². The molecule has 0 bridgehead atoms. The second-order valence-electron chi connectivity index (χ2n) is 4.73. The number of halogens is 1. The molecule has 1 saturated heterocycles. The highest BCUT2D eigenvalue weighted by Crippen LogP contribution is 2.03. The first-order chi connectivity index (χ1) is 8.99. The third-order valence-corrected chi connectivity index (χ3v) is 4.09. The summed E-state index contributed by atoms with van der Waals surface area (Å²) in [4.78, 5) is 32.3. The van der Waals surface area contributed by atoms with E-state index in [0.29, 0.717) is 9.39 Å². The first kappa shape index (κ1) is 14.4. The molecule has 1 fully saturated rings. The summed E-state index contributed by atoms with van der Waals surface area (Å²) >= 11 is 1.94. The van der Waals surface area contributed by atoms with Crippen LogP contribution in [0, 0.1) is 10.5 Å². The topological polar surface area (TPSA) is 58.4 Å². The number of hydrogen-bond acceptors (Lipinski definition) is 4. The van der Waals surface area contributed by atoms with Crippen molar-refractivity contribution in [3.63, 3.8) is 0 Å². The Morgan fingerprint density at radius 1 is 1.37 bits per heavy atom. The highest BCUT2D eigenvalue weighted by Gasteiger charge is 2.20. The standard InChI is InChI=1S/C12H17IN4O2/c1-9-14-7-10(13)12(19)17(9)8-11(18)16-5-3-15(2)4-6-16/h7H,3-6,8H2,1-2H3. The number of likely N-dealkylation sites (N-methyl/N-ethyl adjacent to an activating group) is 1. The lowest BCUT2D eigenvalue weighted by molar-refractivity contribution is -0.133. The van der Waals surface area contributed by atoms with Gasteiger partial charge in [-0.1, -0.05) is 0 Å². The van der Waals surface area contributed by atoms with Gasteiger partial charge in [0.25, 0.3) is 5.56 Å². The minimum absolute atomic E-state index is 0.0119. The summed E-state index contributed by atoms with van der Waals surface area (Å²) in [5.41, 5.74) is -0.143. The molecule has 0 atom stereocenters. The minimum atomic E-state index is -0.143. The number of amides is 1. The van der Waals surface area contributed by atoms with Gasteiger partial charge >= 0.3 is 0 Å². The van der Waals surface area contributed by atoms with Crippen LogP contribution in [-0.4, -0.2) is 58.5 Å². The van der Waals surface area contributed by atoms with Crippen LogP contribution < -0.4 is 5.56 Å². The zero-order valence-corrected chi connectivity index (χ0v) is 13.3. The molecule has 2 rings (SSSR count). The van der Waals surface area contributed by atoms with Crippen molar-refractivity contribution in [1.82, 2.24) is 19.4 Å². The molecular formula is C12H17IN4O2. The van der Waals surface area contributed by atoms with E-state index in [4.69, 9.17) is 0 Å². The molecule has 0 aromatic carbocycles. The molecule has 2 heterocycles. The molecule has 6 nitrogen and oxygen atoms in total. The SMILES string of the molecule is Cc1ncc(I)c(=O)n1CC(=O)N1CCN(C)CC1. The van der Waals surface area contributed by atoms with Gasteiger partial charge in [0.05, 0.1) is 3.57 Å². The molecular weight excluding hydrogens is 359 g/mol. The molecule has 19 heavy (non-hydrogen) atoms. The number of nitrogens with zero attached hydrogens (tertiary/aromatic N) is 4. The Morgan fingerprint density at radius 3 is 2.63 bits per heavy atom. The largest absolute Gasteiger partial charge is 0.339 e. The Morgan fingerprint density at radius 2 is 2.00 bits per heavy atom. The van der Waals surface area contributed by atoms with E-state index in [1.807, 2.05) is 34.5 Å². The smallest absolute Gasteiger partial charge is 0.267 e. The van der Waals surface area contributed by atoms with Crippen LogP contribution in [0.5, 0.6) is 0 Å². The second kappa shape index (κ2) is 6.00. The van der Waals surface area contributed by atoms with E-state index in [9.17, 15) is 9.59 Å². The summed E-state index contributed by atoms with van der Waals surface area (Å²) in [6.45, 7) is 5.03. The molecule has 7 heteroatoms. The molecule has 1 aromatic heterocycles.